The summed E-state index contributed by atoms with van der Waals surface area (Å²) in [5.41, 5.74) is 1.04. The van der Waals surface area contributed by atoms with Gasteiger partial charge in [0, 0.05) is 6.04 Å². The molecule has 1 aliphatic carbocycles. The monoisotopic (exact) mass is 263 g/mol. The van der Waals surface area contributed by atoms with Gasteiger partial charge in [0.05, 0.1) is 11.5 Å². The van der Waals surface area contributed by atoms with Crippen LogP contribution in [0.4, 0.5) is 0 Å². The first kappa shape index (κ1) is 13.4. The van der Waals surface area contributed by atoms with Crippen LogP contribution >= 0.6 is 0 Å². The first-order chi connectivity index (χ1) is 8.99. The maximum atomic E-state index is 12.0. The lowest BCUT2D eigenvalue weighted by molar-refractivity contribution is -0.142. The van der Waals surface area contributed by atoms with Crippen LogP contribution < -0.4 is 5.32 Å². The van der Waals surface area contributed by atoms with Gasteiger partial charge in [0.15, 0.2) is 0 Å². The van der Waals surface area contributed by atoms with Crippen molar-refractivity contribution in [1.82, 2.24) is 5.32 Å². The summed E-state index contributed by atoms with van der Waals surface area (Å²) in [6, 6.07) is 4.44. The molecule has 0 aromatic heterocycles. The fourth-order valence-electron chi connectivity index (χ4n) is 2.51. The molecule has 2 rings (SSSR count). The van der Waals surface area contributed by atoms with Crippen molar-refractivity contribution in [3.05, 3.63) is 29.3 Å². The van der Waals surface area contributed by atoms with E-state index < -0.39 is 17.8 Å². The molecule has 1 aliphatic rings. The number of hydrogen-bond donors (Lipinski definition) is 3. The molecule has 1 amide bonds. The summed E-state index contributed by atoms with van der Waals surface area (Å²) in [4.78, 5) is 23.1. The first-order valence-corrected chi connectivity index (χ1v) is 6.32. The Bertz CT molecular complexity index is 512. The third kappa shape index (κ3) is 2.86. The summed E-state index contributed by atoms with van der Waals surface area (Å²) < 4.78 is 0. The number of carbonyl (C=O) groups is 2. The van der Waals surface area contributed by atoms with Crippen molar-refractivity contribution in [3.63, 3.8) is 0 Å². The molecule has 102 valence electrons. The van der Waals surface area contributed by atoms with Gasteiger partial charge in [-0.25, -0.2) is 0 Å². The van der Waals surface area contributed by atoms with E-state index in [4.69, 9.17) is 5.11 Å². The number of rotatable bonds is 3. The predicted molar refractivity (Wildman–Crippen MR) is 69.1 cm³/mol. The Labute approximate surface area is 111 Å². The minimum atomic E-state index is -0.879. The number of phenolic OH excluding ortho intramolecular Hbond substituents is 1. The zero-order valence-electron chi connectivity index (χ0n) is 10.7. The van der Waals surface area contributed by atoms with Gasteiger partial charge in [0.25, 0.3) is 5.91 Å². The Morgan fingerprint density at radius 2 is 2.05 bits per heavy atom. The van der Waals surface area contributed by atoms with Crippen LogP contribution in [0.15, 0.2) is 18.2 Å². The van der Waals surface area contributed by atoms with Gasteiger partial charge in [-0.15, -0.1) is 0 Å². The number of benzene rings is 1. The zero-order valence-corrected chi connectivity index (χ0v) is 10.7. The molecule has 5 nitrogen and oxygen atoms in total. The van der Waals surface area contributed by atoms with Crippen LogP contribution in [-0.4, -0.2) is 28.1 Å². The molecule has 0 aliphatic heterocycles. The lowest BCUT2D eigenvalue weighted by Crippen LogP contribution is -2.40. The van der Waals surface area contributed by atoms with Crippen LogP contribution in [0.5, 0.6) is 5.75 Å². The Hall–Kier alpha value is -2.04. The molecule has 5 heteroatoms. The minimum Gasteiger partial charge on any atom is -0.507 e. The SMILES string of the molecule is Cc1ccc(C(=O)N[C@@H]2CCC[C@@H]2C(=O)O)c(O)c1. The van der Waals surface area contributed by atoms with E-state index in [0.29, 0.717) is 12.8 Å². The van der Waals surface area contributed by atoms with Gasteiger partial charge in [0.1, 0.15) is 5.75 Å². The summed E-state index contributed by atoms with van der Waals surface area (Å²) >= 11 is 0. The Kier molecular flexibility index (Phi) is 3.74. The van der Waals surface area contributed by atoms with Gasteiger partial charge in [-0.05, 0) is 37.5 Å². The molecule has 0 bridgehead atoms. The normalized spacial score (nSPS) is 22.2. The Morgan fingerprint density at radius 3 is 2.68 bits per heavy atom. The van der Waals surface area contributed by atoms with Gasteiger partial charge in [-0.2, -0.15) is 0 Å². The highest BCUT2D eigenvalue weighted by Crippen LogP contribution is 2.27. The summed E-state index contributed by atoms with van der Waals surface area (Å²) in [5.74, 6) is -1.91. The molecule has 1 saturated carbocycles. The van der Waals surface area contributed by atoms with E-state index in [9.17, 15) is 14.7 Å². The van der Waals surface area contributed by atoms with Gasteiger partial charge in [-0.3, -0.25) is 9.59 Å². The highest BCUT2D eigenvalue weighted by molar-refractivity contribution is 5.97. The van der Waals surface area contributed by atoms with Gasteiger partial charge >= 0.3 is 5.97 Å². The number of aryl methyl sites for hydroxylation is 1. The number of phenols is 1. The van der Waals surface area contributed by atoms with Gasteiger partial charge in [0.2, 0.25) is 0 Å². The lowest BCUT2D eigenvalue weighted by atomic mass is 10.0. The molecule has 2 atom stereocenters. The van der Waals surface area contributed by atoms with Crippen molar-refractivity contribution in [2.45, 2.75) is 32.2 Å². The van der Waals surface area contributed by atoms with E-state index in [0.717, 1.165) is 12.0 Å². The number of amides is 1. The van der Waals surface area contributed by atoms with Crippen LogP contribution in [0.3, 0.4) is 0 Å². The molecule has 0 radical (unpaired) electrons. The maximum Gasteiger partial charge on any atom is 0.308 e. The van der Waals surface area contributed by atoms with Crippen LogP contribution in [0.25, 0.3) is 0 Å². The van der Waals surface area contributed by atoms with Crippen molar-refractivity contribution in [2.75, 3.05) is 0 Å². The lowest BCUT2D eigenvalue weighted by Gasteiger charge is -2.18. The second-order valence-electron chi connectivity index (χ2n) is 4.98. The van der Waals surface area contributed by atoms with Crippen molar-refractivity contribution in [2.24, 2.45) is 5.92 Å². The summed E-state index contributed by atoms with van der Waals surface area (Å²) in [5, 5.41) is 21.5. The van der Waals surface area contributed by atoms with Crippen LogP contribution in [-0.2, 0) is 4.79 Å². The smallest absolute Gasteiger partial charge is 0.308 e. The van der Waals surface area contributed by atoms with E-state index in [1.165, 1.54) is 6.07 Å². The van der Waals surface area contributed by atoms with E-state index in [1.54, 1.807) is 12.1 Å². The average molecular weight is 263 g/mol. The summed E-state index contributed by atoms with van der Waals surface area (Å²) in [6.07, 6.45) is 2.04. The fraction of sp³-hybridized carbons (Fsp3) is 0.429. The van der Waals surface area contributed by atoms with E-state index in [2.05, 4.69) is 5.32 Å². The van der Waals surface area contributed by atoms with Crippen LogP contribution in [0.2, 0.25) is 0 Å². The standard InChI is InChI=1S/C14H17NO4/c1-8-5-6-10(12(16)7-8)13(17)15-11-4-2-3-9(11)14(18)19/h5-7,9,11,16H,2-4H2,1H3,(H,15,17)(H,18,19)/t9-,11+/m0/s1. The van der Waals surface area contributed by atoms with E-state index in [-0.39, 0.29) is 17.4 Å². The van der Waals surface area contributed by atoms with Crippen LogP contribution in [0.1, 0.15) is 35.2 Å². The van der Waals surface area contributed by atoms with Gasteiger partial charge < -0.3 is 15.5 Å². The number of carboxylic acids is 1. The minimum absolute atomic E-state index is 0.0811. The second kappa shape index (κ2) is 5.30. The fourth-order valence-corrected chi connectivity index (χ4v) is 2.51. The molecule has 19 heavy (non-hydrogen) atoms. The van der Waals surface area contributed by atoms with Crippen molar-refractivity contribution < 1.29 is 19.8 Å². The molecule has 3 N–H and O–H groups in total. The Morgan fingerprint density at radius 1 is 1.32 bits per heavy atom. The molecule has 1 aromatic rings. The van der Waals surface area contributed by atoms with Gasteiger partial charge in [-0.1, -0.05) is 12.5 Å². The number of carboxylic acid groups (broad SMARTS) is 1. The molecule has 1 aromatic carbocycles. The van der Waals surface area contributed by atoms with Crippen molar-refractivity contribution in [3.8, 4) is 5.75 Å². The second-order valence-corrected chi connectivity index (χ2v) is 4.98. The highest BCUT2D eigenvalue weighted by atomic mass is 16.4. The largest absolute Gasteiger partial charge is 0.507 e. The average Bonchev–Trinajstić information content (AvgIpc) is 2.76. The third-order valence-electron chi connectivity index (χ3n) is 3.55. The third-order valence-corrected chi connectivity index (χ3v) is 3.55. The molecule has 1 fully saturated rings. The van der Waals surface area contributed by atoms with Crippen molar-refractivity contribution >= 4 is 11.9 Å². The van der Waals surface area contributed by atoms with E-state index in [1.807, 2.05) is 6.92 Å². The number of hydrogen-bond acceptors (Lipinski definition) is 3. The summed E-state index contributed by atoms with van der Waals surface area (Å²) in [6.45, 7) is 1.82. The van der Waals surface area contributed by atoms with Crippen LogP contribution in [0, 0.1) is 12.8 Å². The quantitative estimate of drug-likeness (QED) is 0.774. The molecule has 0 heterocycles. The first-order valence-electron chi connectivity index (χ1n) is 6.32. The summed E-state index contributed by atoms with van der Waals surface area (Å²) in [7, 11) is 0. The molecule has 0 saturated heterocycles. The topological polar surface area (TPSA) is 86.6 Å². The number of aromatic hydroxyl groups is 1. The molecule has 0 unspecified atom stereocenters. The van der Waals surface area contributed by atoms with E-state index >= 15 is 0 Å². The number of aliphatic carboxylic acids is 1. The maximum absolute atomic E-state index is 12.0. The molecular weight excluding hydrogens is 246 g/mol. The predicted octanol–water partition coefficient (Wildman–Crippen LogP) is 1.68. The van der Waals surface area contributed by atoms with Crippen molar-refractivity contribution in [1.29, 1.82) is 0 Å². The highest BCUT2D eigenvalue weighted by Gasteiger charge is 2.34. The number of nitrogens with one attached hydrogen (secondary N) is 1. The number of carbonyl (C=O) groups excluding carboxylic acids is 1. The molecular formula is C14H17NO4. The zero-order chi connectivity index (χ0) is 14.0. The Balaban J connectivity index is 2.10. The molecule has 0 spiro atoms.